The number of hydrogen-bond donors (Lipinski definition) is 3. The van der Waals surface area contributed by atoms with Gasteiger partial charge in [-0.1, -0.05) is 23.6 Å². The zero-order valence-corrected chi connectivity index (χ0v) is 41.9. The van der Waals surface area contributed by atoms with E-state index in [2.05, 4.69) is 37.7 Å². The number of halogens is 11. The molecule has 5 aromatic rings. The third-order valence-electron chi connectivity index (χ3n) is 13.0. The van der Waals surface area contributed by atoms with Crippen LogP contribution < -0.4 is 14.9 Å². The molecule has 3 atom stereocenters. The average molecular weight is 1140 g/mol. The van der Waals surface area contributed by atoms with Gasteiger partial charge in [0.15, 0.2) is 21.3 Å². The Morgan fingerprint density at radius 1 is 0.921 bits per heavy atom. The Hall–Kier alpha value is -6.80. The molecule has 2 fully saturated rings. The van der Waals surface area contributed by atoms with Crippen molar-refractivity contribution >= 4 is 71.9 Å². The van der Waals surface area contributed by atoms with Crippen LogP contribution in [-0.4, -0.2) is 99.7 Å². The number of pyridine rings is 1. The number of carboxylic acids is 1. The average Bonchev–Trinajstić information content (AvgIpc) is 3.77. The summed E-state index contributed by atoms with van der Waals surface area (Å²) < 4.78 is 199. The van der Waals surface area contributed by atoms with Crippen LogP contribution in [0, 0.1) is 35.3 Å². The number of nitrogens with zero attached hydrogens (tertiary/aromatic N) is 6. The lowest BCUT2D eigenvalue weighted by Gasteiger charge is -2.36. The van der Waals surface area contributed by atoms with E-state index in [4.69, 9.17) is 16.7 Å². The summed E-state index contributed by atoms with van der Waals surface area (Å²) in [6, 6.07) is 3.64. The summed E-state index contributed by atoms with van der Waals surface area (Å²) in [5, 5.41) is 19.7. The van der Waals surface area contributed by atoms with Crippen molar-refractivity contribution < 1.29 is 85.0 Å². The SMILES string of the molecule is CC(C)(C#Cc1ccc(-c2ccc(Cl)c3c(N(C(=O)[C@H]4C[C@H](NC(=O)C(=O)O)C4)S(C)(=O)=O)nn(CC(F)(F)F)c23)c([C@H](Cc2cc(F)cc(F)c2)NC(=O)Cn2nc(C(F)(F)F)c3c2C(F)(F)[C@@H]2C[C@H]32)n1)S(C)(=O)=O. The maximum atomic E-state index is 15.6. The highest BCUT2D eigenvalue weighted by Crippen LogP contribution is 2.68. The predicted octanol–water partition coefficient (Wildman–Crippen LogP) is 6.56. The highest BCUT2D eigenvalue weighted by Gasteiger charge is 2.68. The van der Waals surface area contributed by atoms with E-state index in [1.807, 2.05) is 0 Å². The van der Waals surface area contributed by atoms with E-state index >= 15 is 8.78 Å². The van der Waals surface area contributed by atoms with Gasteiger partial charge in [-0.15, -0.1) is 0 Å². The molecule has 0 bridgehead atoms. The van der Waals surface area contributed by atoms with Crippen LogP contribution in [0.1, 0.15) is 79.0 Å². The quantitative estimate of drug-likeness (QED) is 0.0646. The number of hydrogen-bond acceptors (Lipinski definition) is 11. The Morgan fingerprint density at radius 3 is 2.13 bits per heavy atom. The number of alkyl halides is 8. The van der Waals surface area contributed by atoms with E-state index in [0.717, 1.165) is 42.7 Å². The Morgan fingerprint density at radius 2 is 1.55 bits per heavy atom. The number of carboxylic acid groups (broad SMARTS) is 1. The monoisotopic (exact) mass is 1140 g/mol. The molecule has 30 heteroatoms. The number of amides is 3. The standard InChI is InChI=1S/C46H39ClF10N8O9S2/c1-43(2,75(3,71)72)10-9-24-5-6-26(27-7-8-30(47)34-36(27)64(19-44(50,51)52)62-39(34)65(76(4,73)74)41(68)21-14-25(15-21)59-40(67)42(69)70)35(58-24)31(13-20-11-22(48)16-23(49)12-20)60-32(66)18-63-38-33(37(61-63)46(55,56)57)28-17-29(28)45(38,53)54/h5-8,11-12,16,21,25,28-29,31H,13-15,17-19H2,1-4H3,(H,59,67)(H,60,66)(H,69,70)/t21-,25-,28-,29+,31-/m0/s1. The van der Waals surface area contributed by atoms with Crippen LogP contribution in [0.3, 0.4) is 0 Å². The highest BCUT2D eigenvalue weighted by atomic mass is 35.5. The summed E-state index contributed by atoms with van der Waals surface area (Å²) in [4.78, 5) is 55.7. The molecule has 2 saturated carbocycles. The normalized spacial score (nSPS) is 19.4. The van der Waals surface area contributed by atoms with Gasteiger partial charge in [-0.05, 0) is 87.3 Å². The van der Waals surface area contributed by atoms with Gasteiger partial charge in [0.05, 0.1) is 33.9 Å². The topological polar surface area (TPSA) is 233 Å². The maximum absolute atomic E-state index is 15.6. The van der Waals surface area contributed by atoms with Crippen molar-refractivity contribution in [2.24, 2.45) is 11.8 Å². The van der Waals surface area contributed by atoms with Crippen molar-refractivity contribution in [1.82, 2.24) is 35.2 Å². The first kappa shape index (κ1) is 55.4. The van der Waals surface area contributed by atoms with Crippen molar-refractivity contribution in [3.8, 4) is 23.0 Å². The number of sulfonamides is 1. The van der Waals surface area contributed by atoms with Gasteiger partial charge in [0.2, 0.25) is 21.8 Å². The van der Waals surface area contributed by atoms with Gasteiger partial charge < -0.3 is 15.7 Å². The lowest BCUT2D eigenvalue weighted by Crippen LogP contribution is -2.52. The van der Waals surface area contributed by atoms with E-state index in [9.17, 15) is 71.1 Å². The van der Waals surface area contributed by atoms with Gasteiger partial charge in [0.25, 0.3) is 5.92 Å². The summed E-state index contributed by atoms with van der Waals surface area (Å²) >= 11 is 6.66. The number of aromatic nitrogens is 5. The van der Waals surface area contributed by atoms with Gasteiger partial charge in [-0.25, -0.2) is 35.4 Å². The maximum Gasteiger partial charge on any atom is 0.435 e. The van der Waals surface area contributed by atoms with Crippen molar-refractivity contribution in [2.75, 3.05) is 16.8 Å². The first-order chi connectivity index (χ1) is 35.0. The molecule has 0 spiro atoms. The Labute approximate surface area is 428 Å². The number of carbonyl (C=O) groups excluding carboxylic acids is 3. The fraction of sp³-hybridized carbons (Fsp3) is 0.413. The molecule has 3 aromatic heterocycles. The lowest BCUT2D eigenvalue weighted by atomic mass is 9.79. The third kappa shape index (κ3) is 10.8. The Balaban J connectivity index is 1.33. The fourth-order valence-corrected chi connectivity index (χ4v) is 10.6. The summed E-state index contributed by atoms with van der Waals surface area (Å²) in [6.07, 6.45) is -10.7. The van der Waals surface area contributed by atoms with Crippen molar-refractivity contribution in [2.45, 2.75) is 93.6 Å². The van der Waals surface area contributed by atoms with Crippen LogP contribution in [0.15, 0.2) is 42.5 Å². The fourth-order valence-electron chi connectivity index (χ4n) is 9.18. The predicted molar refractivity (Wildman–Crippen MR) is 247 cm³/mol. The second-order valence-corrected chi connectivity index (χ2v) is 23.8. The van der Waals surface area contributed by atoms with Crippen LogP contribution in [0.4, 0.5) is 49.7 Å². The molecule has 0 radical (unpaired) electrons. The van der Waals surface area contributed by atoms with Crippen molar-refractivity contribution in [3.05, 3.63) is 93.0 Å². The first-order valence-electron chi connectivity index (χ1n) is 22.3. The molecule has 3 heterocycles. The second-order valence-electron chi connectivity index (χ2n) is 19.0. The number of aliphatic carboxylic acids is 1. The zero-order valence-electron chi connectivity index (χ0n) is 39.5. The minimum atomic E-state index is -5.24. The van der Waals surface area contributed by atoms with Gasteiger partial charge in [-0.2, -0.15) is 49.6 Å². The second kappa shape index (κ2) is 19.0. The van der Waals surface area contributed by atoms with Crippen LogP contribution in [-0.2, 0) is 70.6 Å². The summed E-state index contributed by atoms with van der Waals surface area (Å²) in [5.41, 5.74) is -6.14. The molecule has 2 aromatic carbocycles. The van der Waals surface area contributed by atoms with E-state index in [0.29, 0.717) is 12.3 Å². The van der Waals surface area contributed by atoms with Crippen LogP contribution in [0.5, 0.6) is 0 Å². The highest BCUT2D eigenvalue weighted by molar-refractivity contribution is 7.93. The van der Waals surface area contributed by atoms with Gasteiger partial charge in [0.1, 0.15) is 40.9 Å². The molecule has 0 aliphatic heterocycles. The van der Waals surface area contributed by atoms with Crippen LogP contribution >= 0.6 is 11.6 Å². The Kier molecular flexibility index (Phi) is 13.9. The number of fused-ring (bicyclic) bond motifs is 4. The number of benzene rings is 2. The molecular formula is C46H39ClF10N8O9S2. The molecule has 3 amide bonds. The molecule has 76 heavy (non-hydrogen) atoms. The molecule has 0 saturated heterocycles. The number of sulfone groups is 1. The summed E-state index contributed by atoms with van der Waals surface area (Å²) in [6.45, 7) is -0.908. The molecule has 406 valence electrons. The zero-order chi connectivity index (χ0) is 56.2. The van der Waals surface area contributed by atoms with E-state index in [1.165, 1.54) is 13.8 Å². The molecule has 0 unspecified atom stereocenters. The number of nitrogens with one attached hydrogen (secondary N) is 2. The van der Waals surface area contributed by atoms with E-state index in [1.54, 1.807) is 0 Å². The first-order valence-corrected chi connectivity index (χ1v) is 26.5. The molecule has 3 N–H and O–H groups in total. The van der Waals surface area contributed by atoms with Crippen LogP contribution in [0.25, 0.3) is 22.0 Å². The number of carbonyl (C=O) groups is 4. The third-order valence-corrected chi connectivity index (χ3v) is 16.3. The molecular weight excluding hydrogens is 1100 g/mol. The molecule has 3 aliphatic rings. The summed E-state index contributed by atoms with van der Waals surface area (Å²) in [7, 11) is -8.81. The van der Waals surface area contributed by atoms with Gasteiger partial charge in [-0.3, -0.25) is 23.7 Å². The largest absolute Gasteiger partial charge is 0.474 e. The summed E-state index contributed by atoms with van der Waals surface area (Å²) in [5.74, 6) is -12.1. The number of rotatable bonds is 13. The van der Waals surface area contributed by atoms with E-state index in [-0.39, 0.29) is 49.8 Å². The van der Waals surface area contributed by atoms with E-state index < -0.39 is 178 Å². The minimum absolute atomic E-state index is 0.0733. The molecule has 17 nitrogen and oxygen atoms in total. The smallest absolute Gasteiger partial charge is 0.435 e. The van der Waals surface area contributed by atoms with Crippen molar-refractivity contribution in [1.29, 1.82) is 0 Å². The van der Waals surface area contributed by atoms with Crippen molar-refractivity contribution in [3.63, 3.8) is 0 Å². The lowest BCUT2D eigenvalue weighted by molar-refractivity contribution is -0.151. The molecule has 3 aliphatic carbocycles. The van der Waals surface area contributed by atoms with Crippen LogP contribution in [0.2, 0.25) is 5.02 Å². The molecule has 8 rings (SSSR count). The number of anilines is 1. The van der Waals surface area contributed by atoms with Gasteiger partial charge >= 0.3 is 24.2 Å². The minimum Gasteiger partial charge on any atom is -0.474 e. The Bertz CT molecular complexity index is 3570. The van der Waals surface area contributed by atoms with Gasteiger partial charge in [0, 0.05) is 46.9 Å².